The van der Waals surface area contributed by atoms with Crippen molar-refractivity contribution in [2.24, 2.45) is 0 Å². The molecule has 0 bridgehead atoms. The Morgan fingerprint density at radius 1 is 1.57 bits per heavy atom. The van der Waals surface area contributed by atoms with Crippen LogP contribution < -0.4 is 5.32 Å². The first-order chi connectivity index (χ1) is 6.57. The van der Waals surface area contributed by atoms with Crippen molar-refractivity contribution in [2.45, 2.75) is 0 Å². The lowest BCUT2D eigenvalue weighted by molar-refractivity contribution is -0.105. The number of carboxylic acid groups (broad SMARTS) is 1. The molecule has 0 fully saturated rings. The van der Waals surface area contributed by atoms with Gasteiger partial charge < -0.3 is 10.4 Å². The zero-order chi connectivity index (χ0) is 10.7. The molecular formula is C8H5ClFNO3. The molecule has 6 heteroatoms. The van der Waals surface area contributed by atoms with Gasteiger partial charge in [0.15, 0.2) is 5.82 Å². The van der Waals surface area contributed by atoms with E-state index in [9.17, 15) is 14.0 Å². The highest BCUT2D eigenvalue weighted by molar-refractivity contribution is 6.31. The fraction of sp³-hybridized carbons (Fsp3) is 0. The maximum Gasteiger partial charge on any atom is 0.337 e. The number of carbonyl (C=O) groups is 2. The van der Waals surface area contributed by atoms with Crippen LogP contribution in [0.3, 0.4) is 0 Å². The number of rotatable bonds is 3. The van der Waals surface area contributed by atoms with Crippen molar-refractivity contribution in [2.75, 3.05) is 5.32 Å². The van der Waals surface area contributed by atoms with E-state index in [1.807, 2.05) is 5.32 Å². The lowest BCUT2D eigenvalue weighted by atomic mass is 10.1. The molecule has 1 aromatic carbocycles. The second kappa shape index (κ2) is 4.06. The van der Waals surface area contributed by atoms with Gasteiger partial charge in [-0.1, -0.05) is 11.6 Å². The molecule has 0 atom stereocenters. The minimum absolute atomic E-state index is 0.182. The van der Waals surface area contributed by atoms with Crippen LogP contribution in [0.25, 0.3) is 0 Å². The van der Waals surface area contributed by atoms with Crippen molar-refractivity contribution in [1.82, 2.24) is 0 Å². The highest BCUT2D eigenvalue weighted by atomic mass is 35.5. The quantitative estimate of drug-likeness (QED) is 0.758. The number of amides is 1. The Balaban J connectivity index is 3.36. The third-order valence-corrected chi connectivity index (χ3v) is 1.82. The number of carbonyl (C=O) groups excluding carboxylic acids is 1. The second-order valence-corrected chi connectivity index (χ2v) is 2.76. The summed E-state index contributed by atoms with van der Waals surface area (Å²) >= 11 is 5.40. The summed E-state index contributed by atoms with van der Waals surface area (Å²) in [5, 5.41) is 10.3. The van der Waals surface area contributed by atoms with Crippen LogP contribution in [0.15, 0.2) is 12.1 Å². The predicted molar refractivity (Wildman–Crippen MR) is 48.1 cm³/mol. The number of nitrogens with one attached hydrogen (secondary N) is 1. The average molecular weight is 218 g/mol. The first kappa shape index (κ1) is 10.5. The molecule has 1 amide bonds. The topological polar surface area (TPSA) is 66.4 Å². The molecular weight excluding hydrogens is 213 g/mol. The molecule has 0 aliphatic carbocycles. The van der Waals surface area contributed by atoms with Crippen LogP contribution in [0, 0.1) is 5.82 Å². The fourth-order valence-electron chi connectivity index (χ4n) is 0.929. The zero-order valence-electron chi connectivity index (χ0n) is 6.75. The SMILES string of the molecule is O=CNc1c(C(=O)O)ccc(Cl)c1F. The molecule has 0 saturated carbocycles. The van der Waals surface area contributed by atoms with Gasteiger partial charge in [-0.05, 0) is 12.1 Å². The van der Waals surface area contributed by atoms with Gasteiger partial charge in [0.1, 0.15) is 0 Å². The molecule has 1 rings (SSSR count). The number of halogens is 2. The summed E-state index contributed by atoms with van der Waals surface area (Å²) < 4.78 is 13.2. The average Bonchev–Trinajstić information content (AvgIpc) is 2.13. The highest BCUT2D eigenvalue weighted by Gasteiger charge is 2.16. The van der Waals surface area contributed by atoms with Gasteiger partial charge in [0.25, 0.3) is 0 Å². The zero-order valence-corrected chi connectivity index (χ0v) is 7.51. The minimum Gasteiger partial charge on any atom is -0.478 e. The molecule has 2 N–H and O–H groups in total. The first-order valence-corrected chi connectivity index (χ1v) is 3.87. The summed E-state index contributed by atoms with van der Waals surface area (Å²) in [6.45, 7) is 0. The number of anilines is 1. The maximum absolute atomic E-state index is 13.2. The van der Waals surface area contributed by atoms with E-state index in [1.54, 1.807) is 0 Å². The summed E-state index contributed by atoms with van der Waals surface area (Å²) in [6, 6.07) is 2.22. The van der Waals surface area contributed by atoms with E-state index in [-0.39, 0.29) is 17.0 Å². The summed E-state index contributed by atoms with van der Waals surface area (Å²) in [4.78, 5) is 20.7. The van der Waals surface area contributed by atoms with Crippen molar-refractivity contribution >= 4 is 29.7 Å². The molecule has 14 heavy (non-hydrogen) atoms. The monoisotopic (exact) mass is 217 g/mol. The highest BCUT2D eigenvalue weighted by Crippen LogP contribution is 2.26. The largest absolute Gasteiger partial charge is 0.478 e. The van der Waals surface area contributed by atoms with Gasteiger partial charge in [-0.25, -0.2) is 9.18 Å². The van der Waals surface area contributed by atoms with Gasteiger partial charge in [-0.3, -0.25) is 4.79 Å². The molecule has 4 nitrogen and oxygen atoms in total. The lowest BCUT2D eigenvalue weighted by Gasteiger charge is -2.06. The van der Waals surface area contributed by atoms with E-state index in [0.29, 0.717) is 0 Å². The molecule has 1 aromatic rings. The smallest absolute Gasteiger partial charge is 0.337 e. The van der Waals surface area contributed by atoms with Crippen LogP contribution in [0.4, 0.5) is 10.1 Å². The van der Waals surface area contributed by atoms with Crippen LogP contribution in [0.2, 0.25) is 5.02 Å². The summed E-state index contributed by atoms with van der Waals surface area (Å²) in [5.74, 6) is -2.30. The number of hydrogen-bond acceptors (Lipinski definition) is 2. The van der Waals surface area contributed by atoms with Crippen LogP contribution in [0.1, 0.15) is 10.4 Å². The van der Waals surface area contributed by atoms with E-state index in [2.05, 4.69) is 0 Å². The molecule has 0 aromatic heterocycles. The van der Waals surface area contributed by atoms with E-state index in [0.717, 1.165) is 12.1 Å². The Hall–Kier alpha value is -1.62. The van der Waals surface area contributed by atoms with Crippen LogP contribution >= 0.6 is 11.6 Å². The molecule has 0 aliphatic rings. The molecule has 0 aliphatic heterocycles. The van der Waals surface area contributed by atoms with Crippen LogP contribution in [0.5, 0.6) is 0 Å². The standard InChI is InChI=1S/C8H5ClFNO3/c9-5-2-1-4(8(13)14)7(6(5)10)11-3-12/h1-3H,(H,11,12)(H,13,14). The molecule has 0 spiro atoms. The van der Waals surface area contributed by atoms with Crippen LogP contribution in [-0.2, 0) is 4.79 Å². The molecule has 0 heterocycles. The molecule has 0 unspecified atom stereocenters. The minimum atomic E-state index is -1.34. The Morgan fingerprint density at radius 2 is 2.21 bits per heavy atom. The van der Waals surface area contributed by atoms with Crippen molar-refractivity contribution in [3.05, 3.63) is 28.5 Å². The van der Waals surface area contributed by atoms with Crippen LogP contribution in [-0.4, -0.2) is 17.5 Å². The van der Waals surface area contributed by atoms with E-state index in [4.69, 9.17) is 16.7 Å². The summed E-state index contributed by atoms with van der Waals surface area (Å²) in [7, 11) is 0. The Kier molecular flexibility index (Phi) is 3.03. The first-order valence-electron chi connectivity index (χ1n) is 3.49. The predicted octanol–water partition coefficient (Wildman–Crippen LogP) is 1.75. The van der Waals surface area contributed by atoms with Crippen molar-refractivity contribution in [3.63, 3.8) is 0 Å². The maximum atomic E-state index is 13.2. The van der Waals surface area contributed by atoms with Gasteiger partial charge in [0, 0.05) is 0 Å². The Labute approximate surface area is 83.3 Å². The van der Waals surface area contributed by atoms with E-state index in [1.165, 1.54) is 0 Å². The normalized spacial score (nSPS) is 9.57. The third kappa shape index (κ3) is 1.82. The number of hydrogen-bond donors (Lipinski definition) is 2. The number of carboxylic acids is 1. The van der Waals surface area contributed by atoms with Crippen molar-refractivity contribution in [1.29, 1.82) is 0 Å². The van der Waals surface area contributed by atoms with Gasteiger partial charge in [-0.2, -0.15) is 0 Å². The summed E-state index contributed by atoms with van der Waals surface area (Å²) in [6.07, 6.45) is 0.182. The summed E-state index contributed by atoms with van der Waals surface area (Å²) in [5.41, 5.74) is -0.779. The Bertz CT molecular complexity index is 394. The lowest BCUT2D eigenvalue weighted by Crippen LogP contribution is -2.07. The molecule has 74 valence electrons. The Morgan fingerprint density at radius 3 is 2.71 bits per heavy atom. The van der Waals surface area contributed by atoms with Gasteiger partial charge >= 0.3 is 5.97 Å². The number of benzene rings is 1. The van der Waals surface area contributed by atoms with E-state index >= 15 is 0 Å². The molecule has 0 saturated heterocycles. The van der Waals surface area contributed by atoms with Crippen molar-refractivity contribution in [3.8, 4) is 0 Å². The van der Waals surface area contributed by atoms with Gasteiger partial charge in [0.05, 0.1) is 16.3 Å². The molecule has 0 radical (unpaired) electrons. The second-order valence-electron chi connectivity index (χ2n) is 2.35. The van der Waals surface area contributed by atoms with Gasteiger partial charge in [-0.15, -0.1) is 0 Å². The van der Waals surface area contributed by atoms with E-state index < -0.39 is 17.5 Å². The fourth-order valence-corrected chi connectivity index (χ4v) is 1.09. The van der Waals surface area contributed by atoms with Gasteiger partial charge in [0.2, 0.25) is 6.41 Å². The van der Waals surface area contributed by atoms with Crippen molar-refractivity contribution < 1.29 is 19.1 Å². The number of aromatic carboxylic acids is 1. The third-order valence-electron chi connectivity index (χ3n) is 1.53.